The molecule has 2 saturated heterocycles. The maximum absolute atomic E-state index is 10.3. The molecule has 2 aliphatic heterocycles. The van der Waals surface area contributed by atoms with Crippen LogP contribution in [-0.2, 0) is 22.4 Å². The van der Waals surface area contributed by atoms with Crippen LogP contribution in [0.1, 0.15) is 30.9 Å². The van der Waals surface area contributed by atoms with E-state index in [1.165, 1.54) is 0 Å². The lowest BCUT2D eigenvalue weighted by molar-refractivity contribution is -0.156. The van der Waals surface area contributed by atoms with Gasteiger partial charge in [-0.15, -0.1) is 6.58 Å². The molecular weight excluding hydrogens is 318 g/mol. The van der Waals surface area contributed by atoms with E-state index in [2.05, 4.69) is 18.4 Å². The van der Waals surface area contributed by atoms with E-state index in [-0.39, 0.29) is 17.5 Å². The van der Waals surface area contributed by atoms with Crippen LogP contribution in [-0.4, -0.2) is 55.1 Å². The standard InChI is InChI=1S/C20H29NO4/c1-4-6-16-9-15(10-18(23-3)19(16)22)11-21-12-17(5-2)25-20(13-21)7-8-24-14-20/h4,9-10,17,22H,1,5-8,11-14H2,2-3H3/t17-,20+/m0/s1. The van der Waals surface area contributed by atoms with Gasteiger partial charge in [0.05, 0.1) is 19.8 Å². The highest BCUT2D eigenvalue weighted by Gasteiger charge is 2.43. The zero-order valence-corrected chi connectivity index (χ0v) is 15.3. The van der Waals surface area contributed by atoms with Gasteiger partial charge in [-0.25, -0.2) is 0 Å². The summed E-state index contributed by atoms with van der Waals surface area (Å²) in [6.07, 6.45) is 4.61. The highest BCUT2D eigenvalue weighted by atomic mass is 16.6. The normalized spacial score (nSPS) is 26.9. The number of nitrogens with zero attached hydrogens (tertiary/aromatic N) is 1. The van der Waals surface area contributed by atoms with Crippen LogP contribution in [0.5, 0.6) is 11.5 Å². The average Bonchev–Trinajstić information content (AvgIpc) is 3.04. The Balaban J connectivity index is 1.80. The average molecular weight is 347 g/mol. The van der Waals surface area contributed by atoms with Gasteiger partial charge in [0.2, 0.25) is 0 Å². The van der Waals surface area contributed by atoms with E-state index < -0.39 is 0 Å². The summed E-state index contributed by atoms with van der Waals surface area (Å²) in [4.78, 5) is 2.44. The molecule has 1 spiro atoms. The predicted molar refractivity (Wildman–Crippen MR) is 97.2 cm³/mol. The molecule has 5 nitrogen and oxygen atoms in total. The Labute approximate surface area is 150 Å². The fourth-order valence-corrected chi connectivity index (χ4v) is 3.87. The molecule has 0 amide bonds. The van der Waals surface area contributed by atoms with E-state index in [4.69, 9.17) is 14.2 Å². The van der Waals surface area contributed by atoms with E-state index >= 15 is 0 Å². The second kappa shape index (κ2) is 7.77. The van der Waals surface area contributed by atoms with Crippen molar-refractivity contribution in [3.8, 4) is 11.5 Å². The first-order chi connectivity index (χ1) is 12.1. The molecule has 0 aliphatic carbocycles. The number of aromatic hydroxyl groups is 1. The van der Waals surface area contributed by atoms with Gasteiger partial charge in [-0.1, -0.05) is 19.1 Å². The smallest absolute Gasteiger partial charge is 0.161 e. The molecule has 25 heavy (non-hydrogen) atoms. The first-order valence-corrected chi connectivity index (χ1v) is 9.06. The lowest BCUT2D eigenvalue weighted by Gasteiger charge is -2.43. The van der Waals surface area contributed by atoms with Crippen LogP contribution in [0.25, 0.3) is 0 Å². The number of benzene rings is 1. The summed E-state index contributed by atoms with van der Waals surface area (Å²) in [5, 5.41) is 10.3. The quantitative estimate of drug-likeness (QED) is 0.802. The van der Waals surface area contributed by atoms with Crippen LogP contribution in [0.3, 0.4) is 0 Å². The minimum absolute atomic E-state index is 0.163. The van der Waals surface area contributed by atoms with Crippen molar-refractivity contribution in [1.82, 2.24) is 4.90 Å². The maximum Gasteiger partial charge on any atom is 0.161 e. The van der Waals surface area contributed by atoms with Crippen LogP contribution in [0.2, 0.25) is 0 Å². The second-order valence-corrected chi connectivity index (χ2v) is 7.10. The van der Waals surface area contributed by atoms with Crippen molar-refractivity contribution in [3.05, 3.63) is 35.9 Å². The van der Waals surface area contributed by atoms with Gasteiger partial charge in [0.15, 0.2) is 11.5 Å². The molecule has 0 bridgehead atoms. The highest BCUT2D eigenvalue weighted by Crippen LogP contribution is 2.35. The third kappa shape index (κ3) is 4.00. The monoisotopic (exact) mass is 347 g/mol. The summed E-state index contributed by atoms with van der Waals surface area (Å²) >= 11 is 0. The molecule has 2 atom stereocenters. The SMILES string of the molecule is C=CCc1cc(CN2C[C@H](CC)O[C@]3(CCOC3)C2)cc(OC)c1O. The lowest BCUT2D eigenvalue weighted by Crippen LogP contribution is -2.55. The molecule has 138 valence electrons. The summed E-state index contributed by atoms with van der Waals surface area (Å²) in [6, 6.07) is 3.98. The van der Waals surface area contributed by atoms with Crippen molar-refractivity contribution in [1.29, 1.82) is 0 Å². The number of methoxy groups -OCH3 is 1. The number of morpholine rings is 1. The van der Waals surface area contributed by atoms with Gasteiger partial charge in [-0.2, -0.15) is 0 Å². The first kappa shape index (κ1) is 18.2. The van der Waals surface area contributed by atoms with Crippen molar-refractivity contribution in [2.24, 2.45) is 0 Å². The van der Waals surface area contributed by atoms with Crippen LogP contribution >= 0.6 is 0 Å². The van der Waals surface area contributed by atoms with E-state index in [1.54, 1.807) is 13.2 Å². The Morgan fingerprint density at radius 1 is 1.48 bits per heavy atom. The third-order valence-electron chi connectivity index (χ3n) is 5.12. The number of allylic oxidation sites excluding steroid dienone is 1. The number of hydrogen-bond acceptors (Lipinski definition) is 5. The maximum atomic E-state index is 10.3. The van der Waals surface area contributed by atoms with Crippen LogP contribution < -0.4 is 4.74 Å². The Morgan fingerprint density at radius 3 is 2.96 bits per heavy atom. The third-order valence-corrected chi connectivity index (χ3v) is 5.12. The van der Waals surface area contributed by atoms with Gasteiger partial charge in [-0.3, -0.25) is 4.90 Å². The zero-order valence-electron chi connectivity index (χ0n) is 15.3. The van der Waals surface area contributed by atoms with Crippen molar-refractivity contribution >= 4 is 0 Å². The number of phenolic OH excluding ortho intramolecular Hbond substituents is 1. The Kier molecular flexibility index (Phi) is 5.67. The van der Waals surface area contributed by atoms with Crippen molar-refractivity contribution < 1.29 is 19.3 Å². The van der Waals surface area contributed by atoms with E-state index in [0.29, 0.717) is 18.8 Å². The zero-order chi connectivity index (χ0) is 17.9. The van der Waals surface area contributed by atoms with Crippen LogP contribution in [0, 0.1) is 0 Å². The Hall–Kier alpha value is -1.56. The molecule has 5 heteroatoms. The molecule has 3 rings (SSSR count). The second-order valence-electron chi connectivity index (χ2n) is 7.10. The number of phenols is 1. The van der Waals surface area contributed by atoms with Crippen molar-refractivity contribution in [2.75, 3.05) is 33.4 Å². The molecule has 0 radical (unpaired) electrons. The topological polar surface area (TPSA) is 51.2 Å². The van der Waals surface area contributed by atoms with Gasteiger partial charge in [0, 0.05) is 38.2 Å². The molecule has 1 aromatic carbocycles. The molecule has 0 aromatic heterocycles. The highest BCUT2D eigenvalue weighted by molar-refractivity contribution is 5.49. The van der Waals surface area contributed by atoms with Gasteiger partial charge in [0.1, 0.15) is 5.60 Å². The summed E-state index contributed by atoms with van der Waals surface area (Å²) in [5.74, 6) is 0.730. The van der Waals surface area contributed by atoms with E-state index in [0.717, 1.165) is 50.2 Å². The number of ether oxygens (including phenoxy) is 3. The van der Waals surface area contributed by atoms with E-state index in [9.17, 15) is 5.11 Å². The minimum Gasteiger partial charge on any atom is -0.504 e. The molecule has 2 heterocycles. The van der Waals surface area contributed by atoms with Crippen molar-refractivity contribution in [3.63, 3.8) is 0 Å². The molecule has 2 aliphatic rings. The lowest BCUT2D eigenvalue weighted by atomic mass is 9.97. The molecular formula is C20H29NO4. The van der Waals surface area contributed by atoms with Crippen molar-refractivity contribution in [2.45, 2.75) is 44.4 Å². The van der Waals surface area contributed by atoms with Gasteiger partial charge >= 0.3 is 0 Å². The molecule has 0 saturated carbocycles. The fraction of sp³-hybridized carbons (Fsp3) is 0.600. The van der Waals surface area contributed by atoms with Gasteiger partial charge in [0.25, 0.3) is 0 Å². The number of rotatable bonds is 6. The van der Waals surface area contributed by atoms with E-state index in [1.807, 2.05) is 12.1 Å². The van der Waals surface area contributed by atoms with Crippen LogP contribution in [0.15, 0.2) is 24.8 Å². The first-order valence-electron chi connectivity index (χ1n) is 9.06. The molecule has 0 unspecified atom stereocenters. The molecule has 2 fully saturated rings. The van der Waals surface area contributed by atoms with Crippen LogP contribution in [0.4, 0.5) is 0 Å². The molecule has 1 N–H and O–H groups in total. The Bertz CT molecular complexity index is 610. The summed E-state index contributed by atoms with van der Waals surface area (Å²) in [7, 11) is 1.59. The van der Waals surface area contributed by atoms with Gasteiger partial charge in [-0.05, 0) is 24.5 Å². The summed E-state index contributed by atoms with van der Waals surface area (Å²) < 4.78 is 17.3. The number of hydrogen-bond donors (Lipinski definition) is 1. The predicted octanol–water partition coefficient (Wildman–Crippen LogP) is 2.90. The summed E-state index contributed by atoms with van der Waals surface area (Å²) in [5.41, 5.74) is 1.82. The largest absolute Gasteiger partial charge is 0.504 e. The van der Waals surface area contributed by atoms with Gasteiger partial charge < -0.3 is 19.3 Å². The summed E-state index contributed by atoms with van der Waals surface area (Å²) in [6.45, 7) is 10.0. The molecule has 1 aromatic rings. The minimum atomic E-state index is -0.163. The fourth-order valence-electron chi connectivity index (χ4n) is 3.87. The Morgan fingerprint density at radius 2 is 2.32 bits per heavy atom.